The highest BCUT2D eigenvalue weighted by Crippen LogP contribution is 2.59. The van der Waals surface area contributed by atoms with Crippen LogP contribution >= 0.6 is 0 Å². The lowest BCUT2D eigenvalue weighted by Crippen LogP contribution is -2.17. The predicted octanol–water partition coefficient (Wildman–Crippen LogP) is 20.2. The molecule has 0 bridgehead atoms. The summed E-state index contributed by atoms with van der Waals surface area (Å²) in [5, 5.41) is 4.52. The summed E-state index contributed by atoms with van der Waals surface area (Å²) in [6.45, 7) is 9.62. The van der Waals surface area contributed by atoms with Crippen LogP contribution in [0.15, 0.2) is 245 Å². The SMILES string of the molecule is CC1(C)c2ccccc2-c2cc3c(cc21)-c1c(-c2ccc(-c4cccc5c4oc4ccccc45)cc2)cc(N(c2ccc(-c4ccccc4)cc2)c2ccc(-c4cccc5c4oc4ccccc45)cc2)cc1C3(C)C. The first-order chi connectivity index (χ1) is 36.7. The van der Waals surface area contributed by atoms with E-state index in [-0.39, 0.29) is 10.8 Å². The Labute approximate surface area is 436 Å². The van der Waals surface area contributed by atoms with Crippen LogP contribution in [0.25, 0.3) is 111 Å². The fourth-order valence-corrected chi connectivity index (χ4v) is 12.8. The molecule has 2 aliphatic carbocycles. The average molecular weight is 962 g/mol. The molecule has 75 heavy (non-hydrogen) atoms. The van der Waals surface area contributed by atoms with Crippen LogP contribution in [0.5, 0.6) is 0 Å². The minimum absolute atomic E-state index is 0.141. The molecular weight excluding hydrogens is 911 g/mol. The Kier molecular flexibility index (Phi) is 9.35. The van der Waals surface area contributed by atoms with Gasteiger partial charge in [-0.15, -0.1) is 0 Å². The maximum Gasteiger partial charge on any atom is 0.143 e. The molecule has 3 heteroatoms. The summed E-state index contributed by atoms with van der Waals surface area (Å²) >= 11 is 0. The molecule has 0 atom stereocenters. The van der Waals surface area contributed by atoms with Crippen LogP contribution in [-0.2, 0) is 10.8 Å². The average Bonchev–Trinajstić information content (AvgIpc) is 4.22. The number of hydrogen-bond donors (Lipinski definition) is 0. The van der Waals surface area contributed by atoms with E-state index >= 15 is 0 Å². The van der Waals surface area contributed by atoms with Crippen LogP contribution < -0.4 is 4.90 Å². The van der Waals surface area contributed by atoms with Gasteiger partial charge in [0.2, 0.25) is 0 Å². The Balaban J connectivity index is 0.931. The van der Waals surface area contributed by atoms with E-state index < -0.39 is 0 Å². The molecule has 2 heterocycles. The Morgan fingerprint density at radius 1 is 0.280 bits per heavy atom. The van der Waals surface area contributed by atoms with Crippen LogP contribution in [0.3, 0.4) is 0 Å². The third kappa shape index (κ3) is 6.54. The van der Waals surface area contributed by atoms with Crippen LogP contribution in [0.1, 0.15) is 49.9 Å². The standard InChI is InChI=1S/C72H51NO2/c1-71(2)62-25-11-8-18-54(62)60-42-64-61(43-63(60)71)68-59(48-30-28-46(29-31-48)52-21-14-23-57-55-19-9-12-26-66(55)74-69(52)57)40-51(41-65(68)72(64,3)4)73(49-36-32-45(33-37-49)44-16-6-5-7-17-44)50-38-34-47(35-39-50)53-22-15-24-58-56-20-10-13-27-67(56)75-70(53)58/h5-43H,1-4H3. The molecule has 0 fully saturated rings. The van der Waals surface area contributed by atoms with E-state index in [0.29, 0.717) is 0 Å². The smallest absolute Gasteiger partial charge is 0.143 e. The van der Waals surface area contributed by atoms with Crippen LogP contribution in [0.4, 0.5) is 17.1 Å². The summed E-state index contributed by atoms with van der Waals surface area (Å²) < 4.78 is 13.1. The van der Waals surface area contributed by atoms with Gasteiger partial charge < -0.3 is 13.7 Å². The summed E-state index contributed by atoms with van der Waals surface area (Å²) in [4.78, 5) is 2.44. The maximum absolute atomic E-state index is 6.56. The molecule has 356 valence electrons. The van der Waals surface area contributed by atoms with Crippen molar-refractivity contribution in [3.63, 3.8) is 0 Å². The molecule has 0 N–H and O–H groups in total. The number of benzene rings is 11. The van der Waals surface area contributed by atoms with Gasteiger partial charge in [0.15, 0.2) is 0 Å². The monoisotopic (exact) mass is 961 g/mol. The third-order valence-corrected chi connectivity index (χ3v) is 16.7. The molecule has 0 radical (unpaired) electrons. The first-order valence-corrected chi connectivity index (χ1v) is 26.1. The molecule has 0 unspecified atom stereocenters. The van der Waals surface area contributed by atoms with Gasteiger partial charge >= 0.3 is 0 Å². The van der Waals surface area contributed by atoms with Gasteiger partial charge in [-0.25, -0.2) is 0 Å². The van der Waals surface area contributed by atoms with Crippen LogP contribution in [-0.4, -0.2) is 0 Å². The number of furan rings is 2. The predicted molar refractivity (Wildman–Crippen MR) is 313 cm³/mol. The maximum atomic E-state index is 6.56. The second-order valence-electron chi connectivity index (χ2n) is 21.6. The summed E-state index contributed by atoms with van der Waals surface area (Å²) in [6.07, 6.45) is 0. The summed E-state index contributed by atoms with van der Waals surface area (Å²) in [5.74, 6) is 0. The minimum atomic E-state index is -0.318. The molecular formula is C72H51NO2. The Morgan fingerprint density at radius 2 is 0.720 bits per heavy atom. The molecule has 0 amide bonds. The molecule has 2 aromatic heterocycles. The van der Waals surface area contributed by atoms with E-state index in [4.69, 9.17) is 8.83 Å². The number of hydrogen-bond acceptors (Lipinski definition) is 3. The van der Waals surface area contributed by atoms with Gasteiger partial charge in [0, 0.05) is 60.6 Å². The number of nitrogens with zero attached hydrogens (tertiary/aromatic N) is 1. The highest BCUT2D eigenvalue weighted by Gasteiger charge is 2.43. The zero-order chi connectivity index (χ0) is 50.2. The number of anilines is 3. The van der Waals surface area contributed by atoms with Crippen molar-refractivity contribution in [3.05, 3.63) is 259 Å². The quantitative estimate of drug-likeness (QED) is 0.159. The van der Waals surface area contributed by atoms with Crippen molar-refractivity contribution in [2.24, 2.45) is 0 Å². The van der Waals surface area contributed by atoms with Gasteiger partial charge in [0.25, 0.3) is 0 Å². The van der Waals surface area contributed by atoms with Gasteiger partial charge in [-0.2, -0.15) is 0 Å². The van der Waals surface area contributed by atoms with E-state index in [2.05, 4.69) is 257 Å². The molecule has 13 aromatic rings. The van der Waals surface area contributed by atoms with Gasteiger partial charge in [-0.3, -0.25) is 0 Å². The lowest BCUT2D eigenvalue weighted by molar-refractivity contribution is 0.652. The third-order valence-electron chi connectivity index (χ3n) is 16.7. The molecule has 0 spiro atoms. The Hall–Kier alpha value is -9.18. The van der Waals surface area contributed by atoms with Crippen molar-refractivity contribution in [1.82, 2.24) is 0 Å². The number of fused-ring (bicyclic) bond motifs is 12. The van der Waals surface area contributed by atoms with Gasteiger partial charge in [0.05, 0.1) is 0 Å². The van der Waals surface area contributed by atoms with Crippen molar-refractivity contribution in [2.45, 2.75) is 38.5 Å². The first-order valence-electron chi connectivity index (χ1n) is 26.1. The van der Waals surface area contributed by atoms with Crippen molar-refractivity contribution in [2.75, 3.05) is 4.90 Å². The zero-order valence-corrected chi connectivity index (χ0v) is 42.3. The van der Waals surface area contributed by atoms with Crippen molar-refractivity contribution >= 4 is 60.9 Å². The van der Waals surface area contributed by atoms with Crippen LogP contribution in [0, 0.1) is 0 Å². The molecule has 0 saturated carbocycles. The second kappa shape index (κ2) is 16.2. The summed E-state index contributed by atoms with van der Waals surface area (Å²) in [6, 6.07) is 86.5. The van der Waals surface area contributed by atoms with E-state index in [1.54, 1.807) is 0 Å². The molecule has 15 rings (SSSR count). The highest BCUT2D eigenvalue weighted by molar-refractivity contribution is 6.11. The fourth-order valence-electron chi connectivity index (χ4n) is 12.8. The van der Waals surface area contributed by atoms with Gasteiger partial charge in [-0.1, -0.05) is 204 Å². The number of rotatable bonds is 7. The first kappa shape index (κ1) is 43.4. The molecule has 11 aromatic carbocycles. The lowest BCUT2D eigenvalue weighted by atomic mass is 9.79. The summed E-state index contributed by atoms with van der Waals surface area (Å²) in [7, 11) is 0. The largest absolute Gasteiger partial charge is 0.455 e. The van der Waals surface area contributed by atoms with E-state index in [0.717, 1.165) is 88.8 Å². The molecule has 0 aliphatic heterocycles. The Bertz CT molecular complexity index is 4440. The van der Waals surface area contributed by atoms with E-state index in [1.165, 1.54) is 61.2 Å². The van der Waals surface area contributed by atoms with Gasteiger partial charge in [0.1, 0.15) is 22.3 Å². The molecule has 0 saturated heterocycles. The topological polar surface area (TPSA) is 29.5 Å². The van der Waals surface area contributed by atoms with Crippen LogP contribution in [0.2, 0.25) is 0 Å². The lowest BCUT2D eigenvalue weighted by Gasteiger charge is -2.29. The van der Waals surface area contributed by atoms with Gasteiger partial charge in [-0.05, 0) is 139 Å². The molecule has 3 nitrogen and oxygen atoms in total. The van der Waals surface area contributed by atoms with Crippen molar-refractivity contribution in [3.8, 4) is 66.8 Å². The van der Waals surface area contributed by atoms with E-state index in [9.17, 15) is 0 Å². The van der Waals surface area contributed by atoms with Crippen molar-refractivity contribution < 1.29 is 8.83 Å². The Morgan fingerprint density at radius 3 is 1.33 bits per heavy atom. The minimum Gasteiger partial charge on any atom is -0.455 e. The highest BCUT2D eigenvalue weighted by atomic mass is 16.3. The number of para-hydroxylation sites is 4. The normalized spacial score (nSPS) is 13.8. The summed E-state index contributed by atoms with van der Waals surface area (Å²) in [5.41, 5.74) is 26.3. The van der Waals surface area contributed by atoms with E-state index in [1.807, 2.05) is 12.1 Å². The molecule has 2 aliphatic rings. The second-order valence-corrected chi connectivity index (χ2v) is 21.6. The zero-order valence-electron chi connectivity index (χ0n) is 42.3. The van der Waals surface area contributed by atoms with Crippen molar-refractivity contribution in [1.29, 1.82) is 0 Å². The fraction of sp³-hybridized carbons (Fsp3) is 0.0833.